The zero-order chi connectivity index (χ0) is 9.84. The molecule has 0 N–H and O–H groups in total. The fourth-order valence-electron chi connectivity index (χ4n) is 0.843. The van der Waals surface area contributed by atoms with Gasteiger partial charge in [-0.1, -0.05) is 23.2 Å². The maximum Gasteiger partial charge on any atom is 0.235 e. The second-order valence-corrected chi connectivity index (χ2v) is 2.98. The van der Waals surface area contributed by atoms with Gasteiger partial charge < -0.3 is 0 Å². The predicted molar refractivity (Wildman–Crippen MR) is 48.6 cm³/mol. The van der Waals surface area contributed by atoms with E-state index in [-0.39, 0.29) is 10.3 Å². The molecule has 0 amide bonds. The van der Waals surface area contributed by atoms with Gasteiger partial charge >= 0.3 is 0 Å². The summed E-state index contributed by atoms with van der Waals surface area (Å²) in [6.07, 6.45) is 2.66. The van der Waals surface area contributed by atoms with Crippen molar-refractivity contribution in [2.45, 2.75) is 13.0 Å². The Bertz CT molecular complexity index is 343. The molecule has 0 aliphatic rings. The van der Waals surface area contributed by atoms with Gasteiger partial charge in [0, 0.05) is 0 Å². The van der Waals surface area contributed by atoms with Crippen molar-refractivity contribution >= 4 is 29.3 Å². The van der Waals surface area contributed by atoms with Crippen LogP contribution in [0.15, 0.2) is 11.3 Å². The molecule has 0 aliphatic carbocycles. The van der Waals surface area contributed by atoms with Gasteiger partial charge in [0.15, 0.2) is 0 Å². The van der Waals surface area contributed by atoms with E-state index >= 15 is 0 Å². The van der Waals surface area contributed by atoms with Crippen LogP contribution in [0.2, 0.25) is 10.3 Å². The maximum atomic E-state index is 9.99. The Labute approximate surface area is 84.6 Å². The third-order valence-corrected chi connectivity index (χ3v) is 2.05. The number of nitrogens with zero attached hydrogens (tertiary/aromatic N) is 3. The van der Waals surface area contributed by atoms with Crippen molar-refractivity contribution in [3.8, 4) is 0 Å². The predicted octanol–water partition coefficient (Wildman–Crippen LogP) is 2.18. The molecule has 0 saturated heterocycles. The number of halogens is 2. The van der Waals surface area contributed by atoms with Crippen LogP contribution < -0.4 is 0 Å². The lowest BCUT2D eigenvalue weighted by atomic mass is 10.2. The zero-order valence-electron chi connectivity index (χ0n) is 6.66. The highest BCUT2D eigenvalue weighted by molar-refractivity contribution is 6.34. The summed E-state index contributed by atoms with van der Waals surface area (Å²) in [6, 6.07) is -0.473. The Morgan fingerprint density at radius 3 is 2.46 bits per heavy atom. The molecule has 0 aliphatic heterocycles. The lowest BCUT2D eigenvalue weighted by molar-refractivity contribution is 0.559. The van der Waals surface area contributed by atoms with Crippen molar-refractivity contribution in [2.75, 3.05) is 0 Å². The number of carbonyl (C=O) groups excluding carboxylic acids is 1. The second kappa shape index (κ2) is 4.33. The summed E-state index contributed by atoms with van der Waals surface area (Å²) in [5.41, 5.74) is 0.439. The number of isocyanates is 1. The van der Waals surface area contributed by atoms with Crippen molar-refractivity contribution in [1.29, 1.82) is 0 Å². The first-order valence-electron chi connectivity index (χ1n) is 3.39. The molecule has 1 aromatic rings. The van der Waals surface area contributed by atoms with Crippen molar-refractivity contribution in [2.24, 2.45) is 4.99 Å². The molecule has 6 heteroatoms. The van der Waals surface area contributed by atoms with E-state index in [1.807, 2.05) is 0 Å². The van der Waals surface area contributed by atoms with Crippen LogP contribution in [0.3, 0.4) is 0 Å². The van der Waals surface area contributed by atoms with Crippen molar-refractivity contribution in [3.05, 3.63) is 22.2 Å². The second-order valence-electron chi connectivity index (χ2n) is 2.27. The molecule has 0 spiro atoms. The zero-order valence-corrected chi connectivity index (χ0v) is 8.17. The first-order chi connectivity index (χ1) is 6.16. The van der Waals surface area contributed by atoms with Gasteiger partial charge in [0.25, 0.3) is 0 Å². The summed E-state index contributed by atoms with van der Waals surface area (Å²) in [7, 11) is 0. The van der Waals surface area contributed by atoms with E-state index in [0.29, 0.717) is 5.56 Å². The SMILES string of the molecule is CC(N=C=O)c1c(Cl)ncnc1Cl. The van der Waals surface area contributed by atoms with Crippen molar-refractivity contribution < 1.29 is 4.79 Å². The summed E-state index contributed by atoms with van der Waals surface area (Å²) in [6.45, 7) is 1.65. The van der Waals surface area contributed by atoms with Gasteiger partial charge in [-0.15, -0.1) is 0 Å². The van der Waals surface area contributed by atoms with Crippen LogP contribution in [0.4, 0.5) is 0 Å². The largest absolute Gasteiger partial charge is 0.235 e. The molecular formula is C7H5Cl2N3O. The molecule has 0 bridgehead atoms. The van der Waals surface area contributed by atoms with E-state index in [4.69, 9.17) is 23.2 Å². The van der Waals surface area contributed by atoms with E-state index in [0.717, 1.165) is 0 Å². The average Bonchev–Trinajstić information content (AvgIpc) is 2.04. The minimum absolute atomic E-state index is 0.200. The lowest BCUT2D eigenvalue weighted by Gasteiger charge is -2.06. The van der Waals surface area contributed by atoms with Crippen LogP contribution in [-0.4, -0.2) is 16.0 Å². The molecule has 4 nitrogen and oxygen atoms in total. The molecule has 1 unspecified atom stereocenters. The lowest BCUT2D eigenvalue weighted by Crippen LogP contribution is -1.96. The molecule has 0 fully saturated rings. The first kappa shape index (κ1) is 10.1. The standard InChI is InChI=1S/C7H5Cl2N3O/c1-4(12-3-13)5-6(8)10-2-11-7(5)9/h2,4H,1H3. The molecule has 1 heterocycles. The molecule has 0 saturated carbocycles. The van der Waals surface area contributed by atoms with E-state index in [1.165, 1.54) is 12.4 Å². The molecule has 1 rings (SSSR count). The number of hydrogen-bond donors (Lipinski definition) is 0. The minimum atomic E-state index is -0.473. The third-order valence-electron chi connectivity index (χ3n) is 1.45. The number of aromatic nitrogens is 2. The molecule has 1 atom stereocenters. The van der Waals surface area contributed by atoms with Crippen LogP contribution in [-0.2, 0) is 4.79 Å². The van der Waals surface area contributed by atoms with E-state index in [2.05, 4.69) is 15.0 Å². The topological polar surface area (TPSA) is 55.2 Å². The van der Waals surface area contributed by atoms with E-state index in [1.54, 1.807) is 6.92 Å². The van der Waals surface area contributed by atoms with Crippen LogP contribution in [0.25, 0.3) is 0 Å². The minimum Gasteiger partial charge on any atom is -0.224 e. The summed E-state index contributed by atoms with van der Waals surface area (Å²) in [5, 5.41) is 0.401. The van der Waals surface area contributed by atoms with Crippen molar-refractivity contribution in [3.63, 3.8) is 0 Å². The van der Waals surface area contributed by atoms with Gasteiger partial charge in [-0.05, 0) is 6.92 Å². The highest BCUT2D eigenvalue weighted by Gasteiger charge is 2.14. The summed E-state index contributed by atoms with van der Waals surface area (Å²) in [4.78, 5) is 20.9. The smallest absolute Gasteiger partial charge is 0.224 e. The van der Waals surface area contributed by atoms with Gasteiger partial charge in [-0.25, -0.2) is 14.8 Å². The molecule has 0 aromatic carbocycles. The maximum absolute atomic E-state index is 9.99. The summed E-state index contributed by atoms with van der Waals surface area (Å²) >= 11 is 11.5. The summed E-state index contributed by atoms with van der Waals surface area (Å²) < 4.78 is 0. The highest BCUT2D eigenvalue weighted by atomic mass is 35.5. The van der Waals surface area contributed by atoms with E-state index in [9.17, 15) is 4.79 Å². The third kappa shape index (κ3) is 2.25. The molecular weight excluding hydrogens is 213 g/mol. The normalized spacial score (nSPS) is 11.9. The van der Waals surface area contributed by atoms with Gasteiger partial charge in [0.2, 0.25) is 6.08 Å². The number of hydrogen-bond acceptors (Lipinski definition) is 4. The number of rotatable bonds is 2. The Hall–Kier alpha value is -0.960. The van der Waals surface area contributed by atoms with Crippen LogP contribution in [0.5, 0.6) is 0 Å². The van der Waals surface area contributed by atoms with Crippen LogP contribution in [0, 0.1) is 0 Å². The van der Waals surface area contributed by atoms with E-state index < -0.39 is 6.04 Å². The molecule has 0 radical (unpaired) electrons. The van der Waals surface area contributed by atoms with Gasteiger partial charge in [0.05, 0.1) is 11.6 Å². The van der Waals surface area contributed by atoms with Gasteiger partial charge in [-0.3, -0.25) is 0 Å². The van der Waals surface area contributed by atoms with Gasteiger partial charge in [0.1, 0.15) is 16.6 Å². The van der Waals surface area contributed by atoms with Crippen LogP contribution in [0.1, 0.15) is 18.5 Å². The Balaban J connectivity index is 3.19. The number of aliphatic imine (C=N–C) groups is 1. The van der Waals surface area contributed by atoms with Crippen molar-refractivity contribution in [1.82, 2.24) is 9.97 Å². The molecule has 1 aromatic heterocycles. The van der Waals surface area contributed by atoms with Crippen LogP contribution >= 0.6 is 23.2 Å². The Morgan fingerprint density at radius 1 is 1.46 bits per heavy atom. The fourth-order valence-corrected chi connectivity index (χ4v) is 1.47. The first-order valence-corrected chi connectivity index (χ1v) is 4.15. The highest BCUT2D eigenvalue weighted by Crippen LogP contribution is 2.28. The van der Waals surface area contributed by atoms with Gasteiger partial charge in [-0.2, -0.15) is 4.99 Å². The Kier molecular flexibility index (Phi) is 3.37. The Morgan fingerprint density at radius 2 is 2.00 bits per heavy atom. The quantitative estimate of drug-likeness (QED) is 0.434. The fraction of sp³-hybridized carbons (Fsp3) is 0.286. The summed E-state index contributed by atoms with van der Waals surface area (Å²) in [5.74, 6) is 0. The average molecular weight is 218 g/mol. The molecule has 68 valence electrons. The molecule has 13 heavy (non-hydrogen) atoms. The monoisotopic (exact) mass is 217 g/mol.